The summed E-state index contributed by atoms with van der Waals surface area (Å²) in [4.78, 5) is 17.2. The molecule has 5 heteroatoms. The lowest BCUT2D eigenvalue weighted by Gasteiger charge is -2.71. The van der Waals surface area contributed by atoms with E-state index in [-0.39, 0.29) is 41.7 Å². The van der Waals surface area contributed by atoms with Gasteiger partial charge in [0.1, 0.15) is 5.82 Å². The number of hydrogen-bond acceptors (Lipinski definition) is 3. The summed E-state index contributed by atoms with van der Waals surface area (Å²) in [7, 11) is 0. The molecule has 4 nitrogen and oxygen atoms in total. The molecule has 2 aliphatic heterocycles. The topological polar surface area (TPSA) is 43.8 Å². The van der Waals surface area contributed by atoms with E-state index in [4.69, 9.17) is 0 Å². The van der Waals surface area contributed by atoms with Crippen LogP contribution in [0.3, 0.4) is 0 Å². The van der Waals surface area contributed by atoms with Crippen molar-refractivity contribution in [2.75, 3.05) is 19.7 Å². The largest absolute Gasteiger partial charge is 0.395 e. The van der Waals surface area contributed by atoms with Crippen molar-refractivity contribution in [3.63, 3.8) is 0 Å². The Morgan fingerprint density at radius 2 is 1.70 bits per heavy atom. The van der Waals surface area contributed by atoms with Crippen LogP contribution in [0.1, 0.15) is 42.7 Å². The van der Waals surface area contributed by atoms with E-state index in [1.54, 1.807) is 6.07 Å². The zero-order valence-corrected chi connectivity index (χ0v) is 17.2. The van der Waals surface area contributed by atoms with Crippen molar-refractivity contribution < 1.29 is 14.3 Å². The first-order chi connectivity index (χ1) is 14.6. The Hall–Kier alpha value is -2.24. The predicted octanol–water partition coefficient (Wildman–Crippen LogP) is 3.56. The summed E-state index contributed by atoms with van der Waals surface area (Å²) >= 11 is 0. The van der Waals surface area contributed by atoms with E-state index in [0.29, 0.717) is 25.2 Å². The van der Waals surface area contributed by atoms with Gasteiger partial charge in [-0.05, 0) is 24.5 Å². The molecule has 1 saturated carbocycles. The SMILES string of the molecule is O=C(C1CCCC1)N1CC2(C1)[C@H](c1ccccc1)[C@@H](CO)N2Cc1ccccc1F. The molecule has 3 aliphatic rings. The molecule has 5 rings (SSSR count). The third kappa shape index (κ3) is 3.07. The molecular formula is C25H29FN2O2. The second kappa shape index (κ2) is 7.78. The van der Waals surface area contributed by atoms with Gasteiger partial charge in [-0.1, -0.05) is 61.4 Å². The minimum absolute atomic E-state index is 0.0202. The second-order valence-electron chi connectivity index (χ2n) is 9.14. The number of likely N-dealkylation sites (tertiary alicyclic amines) is 2. The Bertz CT molecular complexity index is 906. The van der Waals surface area contributed by atoms with Crippen molar-refractivity contribution in [1.29, 1.82) is 0 Å². The molecule has 2 aromatic carbocycles. The highest BCUT2D eigenvalue weighted by Crippen LogP contribution is 2.54. The zero-order valence-electron chi connectivity index (χ0n) is 17.2. The van der Waals surface area contributed by atoms with E-state index in [9.17, 15) is 14.3 Å². The summed E-state index contributed by atoms with van der Waals surface area (Å²) in [5.41, 5.74) is 1.60. The van der Waals surface area contributed by atoms with Gasteiger partial charge in [-0.2, -0.15) is 0 Å². The highest BCUT2D eigenvalue weighted by atomic mass is 19.1. The molecule has 2 heterocycles. The fourth-order valence-corrected chi connectivity index (χ4v) is 6.03. The van der Waals surface area contributed by atoms with Gasteiger partial charge >= 0.3 is 0 Å². The summed E-state index contributed by atoms with van der Waals surface area (Å²) in [5, 5.41) is 10.2. The van der Waals surface area contributed by atoms with Gasteiger partial charge in [0.25, 0.3) is 0 Å². The molecule has 2 atom stereocenters. The van der Waals surface area contributed by atoms with Crippen LogP contribution in [0.15, 0.2) is 54.6 Å². The highest BCUT2D eigenvalue weighted by Gasteiger charge is 2.66. The van der Waals surface area contributed by atoms with Crippen LogP contribution in [0.25, 0.3) is 0 Å². The number of rotatable bonds is 5. The Morgan fingerprint density at radius 1 is 1.03 bits per heavy atom. The molecule has 0 radical (unpaired) electrons. The zero-order chi connectivity index (χ0) is 20.7. The van der Waals surface area contributed by atoms with E-state index in [1.807, 2.05) is 35.2 Å². The maximum Gasteiger partial charge on any atom is 0.225 e. The fraction of sp³-hybridized carbons (Fsp3) is 0.480. The number of nitrogens with zero attached hydrogens (tertiary/aromatic N) is 2. The summed E-state index contributed by atoms with van der Waals surface area (Å²) in [5.74, 6) is 0.378. The molecule has 158 valence electrons. The van der Waals surface area contributed by atoms with Gasteiger partial charge in [0, 0.05) is 43.1 Å². The van der Waals surface area contributed by atoms with Crippen LogP contribution < -0.4 is 0 Å². The van der Waals surface area contributed by atoms with Crippen molar-refractivity contribution in [3.05, 3.63) is 71.5 Å². The molecule has 3 fully saturated rings. The predicted molar refractivity (Wildman–Crippen MR) is 113 cm³/mol. The summed E-state index contributed by atoms with van der Waals surface area (Å²) < 4.78 is 14.4. The van der Waals surface area contributed by atoms with Crippen LogP contribution >= 0.6 is 0 Å². The monoisotopic (exact) mass is 408 g/mol. The van der Waals surface area contributed by atoms with Crippen LogP contribution in [-0.2, 0) is 11.3 Å². The molecule has 1 spiro atoms. The number of hydrogen-bond donors (Lipinski definition) is 1. The third-order valence-electron chi connectivity index (χ3n) is 7.53. The lowest BCUT2D eigenvalue weighted by Crippen LogP contribution is -2.84. The van der Waals surface area contributed by atoms with Crippen LogP contribution in [-0.4, -0.2) is 52.1 Å². The standard InChI is InChI=1S/C25H29FN2O2/c26-21-13-7-6-12-20(21)14-28-22(15-29)23(18-8-2-1-3-9-18)25(28)16-27(17-25)24(30)19-10-4-5-11-19/h1-3,6-9,12-13,19,22-23,29H,4-5,10-11,14-17H2/t22-,23-/m1/s1. The molecular weight excluding hydrogens is 379 g/mol. The van der Waals surface area contributed by atoms with Gasteiger partial charge in [0.15, 0.2) is 0 Å². The number of carbonyl (C=O) groups is 1. The van der Waals surface area contributed by atoms with Crippen LogP contribution in [0.2, 0.25) is 0 Å². The van der Waals surface area contributed by atoms with Gasteiger partial charge in [-0.3, -0.25) is 9.69 Å². The molecule has 0 aromatic heterocycles. The molecule has 1 aliphatic carbocycles. The van der Waals surface area contributed by atoms with Crippen LogP contribution in [0.4, 0.5) is 4.39 Å². The molecule has 2 aromatic rings. The Morgan fingerprint density at radius 3 is 2.37 bits per heavy atom. The third-order valence-corrected chi connectivity index (χ3v) is 7.53. The van der Waals surface area contributed by atoms with Crippen LogP contribution in [0, 0.1) is 11.7 Å². The quantitative estimate of drug-likeness (QED) is 0.823. The maximum atomic E-state index is 14.4. The highest BCUT2D eigenvalue weighted by molar-refractivity contribution is 5.80. The summed E-state index contributed by atoms with van der Waals surface area (Å²) in [6.45, 7) is 1.79. The number of aliphatic hydroxyl groups is 1. The van der Waals surface area contributed by atoms with E-state index in [0.717, 1.165) is 25.7 Å². The molecule has 2 saturated heterocycles. The van der Waals surface area contributed by atoms with Gasteiger partial charge in [0.2, 0.25) is 5.91 Å². The fourth-order valence-electron chi connectivity index (χ4n) is 6.03. The number of halogens is 1. The average Bonchev–Trinajstić information content (AvgIpc) is 3.26. The Labute approximate surface area is 177 Å². The van der Waals surface area contributed by atoms with Crippen molar-refractivity contribution in [2.45, 2.75) is 49.7 Å². The number of carbonyl (C=O) groups excluding carboxylic acids is 1. The normalized spacial score (nSPS) is 25.9. The Kier molecular flexibility index (Phi) is 5.11. The molecule has 1 amide bonds. The number of amides is 1. The van der Waals surface area contributed by atoms with Crippen molar-refractivity contribution >= 4 is 5.91 Å². The van der Waals surface area contributed by atoms with Crippen molar-refractivity contribution in [2.24, 2.45) is 5.92 Å². The maximum absolute atomic E-state index is 14.4. The van der Waals surface area contributed by atoms with Gasteiger partial charge in [0.05, 0.1) is 12.1 Å². The van der Waals surface area contributed by atoms with E-state index in [2.05, 4.69) is 17.0 Å². The number of aliphatic hydroxyl groups excluding tert-OH is 1. The smallest absolute Gasteiger partial charge is 0.225 e. The summed E-state index contributed by atoms with van der Waals surface area (Å²) in [6.07, 6.45) is 4.30. The lowest BCUT2D eigenvalue weighted by atomic mass is 9.60. The van der Waals surface area contributed by atoms with Crippen molar-refractivity contribution in [1.82, 2.24) is 9.80 Å². The van der Waals surface area contributed by atoms with Crippen molar-refractivity contribution in [3.8, 4) is 0 Å². The molecule has 30 heavy (non-hydrogen) atoms. The van der Waals surface area contributed by atoms with Gasteiger partial charge < -0.3 is 10.0 Å². The first kappa shape index (κ1) is 19.7. The molecule has 0 bridgehead atoms. The second-order valence-corrected chi connectivity index (χ2v) is 9.14. The van der Waals surface area contributed by atoms with E-state index >= 15 is 0 Å². The molecule has 1 N–H and O–H groups in total. The summed E-state index contributed by atoms with van der Waals surface area (Å²) in [6, 6.07) is 17.0. The lowest BCUT2D eigenvalue weighted by molar-refractivity contribution is -0.202. The van der Waals surface area contributed by atoms with Gasteiger partial charge in [-0.25, -0.2) is 4.39 Å². The first-order valence-corrected chi connectivity index (χ1v) is 11.1. The molecule has 0 unspecified atom stereocenters. The first-order valence-electron chi connectivity index (χ1n) is 11.1. The van der Waals surface area contributed by atoms with Crippen LogP contribution in [0.5, 0.6) is 0 Å². The van der Waals surface area contributed by atoms with E-state index in [1.165, 1.54) is 11.6 Å². The minimum Gasteiger partial charge on any atom is -0.395 e. The Balaban J connectivity index is 1.42. The van der Waals surface area contributed by atoms with E-state index < -0.39 is 0 Å². The number of benzene rings is 2. The minimum atomic E-state index is -0.231. The average molecular weight is 409 g/mol. The van der Waals surface area contributed by atoms with Gasteiger partial charge in [-0.15, -0.1) is 0 Å².